The van der Waals surface area contributed by atoms with E-state index >= 15 is 0 Å². The maximum absolute atomic E-state index is 11.2. The number of ether oxygens (including phenoxy) is 3. The highest BCUT2D eigenvalue weighted by Gasteiger charge is 2.66. The molecule has 0 radical (unpaired) electrons. The van der Waals surface area contributed by atoms with Crippen LogP contribution >= 0.6 is 0 Å². The first kappa shape index (κ1) is 19.7. The maximum atomic E-state index is 11.2. The molecule has 0 aliphatic carbocycles. The third kappa shape index (κ3) is 3.25. The Kier molecular flexibility index (Phi) is 5.74. The number of nitro groups is 1. The second-order valence-electron chi connectivity index (χ2n) is 5.73. The summed E-state index contributed by atoms with van der Waals surface area (Å²) in [7, 11) is 2.31. The molecule has 4 N–H and O–H groups in total. The molecule has 1 aliphatic rings. The molecule has 2 rings (SSSR count). The second-order valence-corrected chi connectivity index (χ2v) is 5.73. The van der Waals surface area contributed by atoms with Crippen LogP contribution < -0.4 is 0 Å². The zero-order valence-corrected chi connectivity index (χ0v) is 13.7. The number of rotatable bonds is 7. The number of nitro benzene ring substituents is 1. The van der Waals surface area contributed by atoms with Gasteiger partial charge in [0.25, 0.3) is 5.69 Å². The fourth-order valence-electron chi connectivity index (χ4n) is 3.10. The van der Waals surface area contributed by atoms with Gasteiger partial charge in [0.2, 0.25) is 11.6 Å². The smallest absolute Gasteiger partial charge is 0.272 e. The van der Waals surface area contributed by atoms with Gasteiger partial charge in [0.15, 0.2) is 0 Å². The van der Waals surface area contributed by atoms with Crippen molar-refractivity contribution in [1.29, 1.82) is 0 Å². The number of benzene rings is 1. The van der Waals surface area contributed by atoms with Gasteiger partial charge < -0.3 is 34.6 Å². The van der Waals surface area contributed by atoms with Crippen molar-refractivity contribution in [2.45, 2.75) is 36.3 Å². The number of hydrogen-bond donors (Lipinski definition) is 4. The van der Waals surface area contributed by atoms with E-state index in [9.17, 15) is 30.5 Å². The first-order valence-electron chi connectivity index (χ1n) is 7.45. The highest BCUT2D eigenvalue weighted by Crippen LogP contribution is 2.43. The fraction of sp³-hybridized carbons (Fsp3) is 0.600. The summed E-state index contributed by atoms with van der Waals surface area (Å²) >= 11 is 0. The van der Waals surface area contributed by atoms with Crippen LogP contribution in [0.25, 0.3) is 0 Å². The van der Waals surface area contributed by atoms with Crippen LogP contribution in [0.2, 0.25) is 0 Å². The lowest BCUT2D eigenvalue weighted by Crippen LogP contribution is -2.55. The Labute approximate surface area is 143 Å². The Bertz CT molecular complexity index is 627. The summed E-state index contributed by atoms with van der Waals surface area (Å²) in [6.45, 7) is -0.817. The number of hydrogen-bond acceptors (Lipinski definition) is 9. The molecular formula is C15H21NO9. The van der Waals surface area contributed by atoms with Crippen LogP contribution in [-0.2, 0) is 20.6 Å². The number of methoxy groups -OCH3 is 2. The van der Waals surface area contributed by atoms with Crippen LogP contribution in [0.1, 0.15) is 5.56 Å². The molecule has 1 saturated heterocycles. The van der Waals surface area contributed by atoms with E-state index in [1.807, 2.05) is 0 Å². The minimum Gasteiger partial charge on any atom is -0.393 e. The van der Waals surface area contributed by atoms with Gasteiger partial charge in [-0.15, -0.1) is 0 Å². The summed E-state index contributed by atoms with van der Waals surface area (Å²) in [4.78, 5) is 10.5. The average Bonchev–Trinajstić information content (AvgIpc) is 2.81. The Hall–Kier alpha value is -1.66. The fourth-order valence-corrected chi connectivity index (χ4v) is 3.10. The standard InChI is InChI=1S/C15H21NO9/c1-23-13-12(19)15(24-2,11(18)8-17)25-14(13,20)7-9-5-3-4-6-10(9)16(21)22/h3-6,11-13,17-20H,7-8H2,1-2H3/t11-,12-,13-,14+,15-/m1/s1. The quantitative estimate of drug-likeness (QED) is 0.352. The second kappa shape index (κ2) is 7.30. The van der Waals surface area contributed by atoms with Gasteiger partial charge in [-0.2, -0.15) is 0 Å². The van der Waals surface area contributed by atoms with Gasteiger partial charge >= 0.3 is 0 Å². The summed E-state index contributed by atoms with van der Waals surface area (Å²) in [5.74, 6) is -4.40. The van der Waals surface area contributed by atoms with Gasteiger partial charge in [-0.3, -0.25) is 10.1 Å². The average molecular weight is 359 g/mol. The molecule has 25 heavy (non-hydrogen) atoms. The van der Waals surface area contributed by atoms with Crippen molar-refractivity contribution in [3.05, 3.63) is 39.9 Å². The highest BCUT2D eigenvalue weighted by atomic mass is 16.8. The first-order chi connectivity index (χ1) is 11.8. The van der Waals surface area contributed by atoms with Gasteiger partial charge in [-0.25, -0.2) is 0 Å². The number of aliphatic hydroxyl groups is 4. The Balaban J connectivity index is 2.44. The molecule has 0 unspecified atom stereocenters. The lowest BCUT2D eigenvalue weighted by Gasteiger charge is -2.34. The van der Waals surface area contributed by atoms with Gasteiger partial charge in [0.05, 0.1) is 11.5 Å². The molecule has 5 atom stereocenters. The molecule has 140 valence electrons. The molecule has 10 nitrogen and oxygen atoms in total. The van der Waals surface area contributed by atoms with E-state index in [-0.39, 0.29) is 11.3 Å². The third-order valence-electron chi connectivity index (χ3n) is 4.32. The minimum absolute atomic E-state index is 0.134. The van der Waals surface area contributed by atoms with Crippen LogP contribution in [-0.4, -0.2) is 76.1 Å². The summed E-state index contributed by atoms with van der Waals surface area (Å²) in [6.07, 6.45) is -5.17. The van der Waals surface area contributed by atoms with Crippen molar-refractivity contribution in [2.24, 2.45) is 0 Å². The van der Waals surface area contributed by atoms with Crippen LogP contribution in [0.4, 0.5) is 5.69 Å². The van der Waals surface area contributed by atoms with E-state index in [2.05, 4.69) is 0 Å². The van der Waals surface area contributed by atoms with E-state index in [0.29, 0.717) is 0 Å². The minimum atomic E-state index is -2.24. The topological polar surface area (TPSA) is 152 Å². The van der Waals surface area contributed by atoms with Crippen LogP contribution in [0.3, 0.4) is 0 Å². The Morgan fingerprint density at radius 1 is 1.40 bits per heavy atom. The summed E-state index contributed by atoms with van der Waals surface area (Å²) in [5, 5.41) is 51.7. The molecule has 1 heterocycles. The maximum Gasteiger partial charge on any atom is 0.272 e. The predicted octanol–water partition coefficient (Wildman–Crippen LogP) is -1.07. The number of nitrogens with zero attached hydrogens (tertiary/aromatic N) is 1. The van der Waals surface area contributed by atoms with E-state index < -0.39 is 47.8 Å². The molecule has 0 spiro atoms. The van der Waals surface area contributed by atoms with E-state index in [0.717, 1.165) is 7.11 Å². The molecule has 1 aromatic rings. The van der Waals surface area contributed by atoms with Gasteiger partial charge in [0.1, 0.15) is 18.3 Å². The van der Waals surface area contributed by atoms with E-state index in [1.54, 1.807) is 6.07 Å². The molecular weight excluding hydrogens is 338 g/mol. The van der Waals surface area contributed by atoms with E-state index in [1.165, 1.54) is 25.3 Å². The largest absolute Gasteiger partial charge is 0.393 e. The lowest BCUT2D eigenvalue weighted by molar-refractivity contribution is -0.386. The monoisotopic (exact) mass is 359 g/mol. The SMILES string of the molecule is CO[C@@H]1[C@@H](O)[C@@](OC)([C@H](O)CO)O[C@@]1(O)Cc1ccccc1[N+](=O)[O-]. The summed E-state index contributed by atoms with van der Waals surface area (Å²) in [5.41, 5.74) is -0.115. The van der Waals surface area contributed by atoms with Crippen molar-refractivity contribution in [1.82, 2.24) is 0 Å². The molecule has 1 aromatic carbocycles. The molecule has 0 amide bonds. The van der Waals surface area contributed by atoms with Crippen LogP contribution in [0.15, 0.2) is 24.3 Å². The van der Waals surface area contributed by atoms with Gasteiger partial charge in [0, 0.05) is 32.3 Å². The molecule has 0 saturated carbocycles. The Morgan fingerprint density at radius 3 is 2.56 bits per heavy atom. The molecule has 0 aromatic heterocycles. The van der Waals surface area contributed by atoms with Crippen molar-refractivity contribution >= 4 is 5.69 Å². The predicted molar refractivity (Wildman–Crippen MR) is 82.5 cm³/mol. The van der Waals surface area contributed by atoms with Gasteiger partial charge in [-0.1, -0.05) is 18.2 Å². The van der Waals surface area contributed by atoms with Crippen molar-refractivity contribution in [3.8, 4) is 0 Å². The van der Waals surface area contributed by atoms with Crippen LogP contribution in [0.5, 0.6) is 0 Å². The highest BCUT2D eigenvalue weighted by molar-refractivity contribution is 5.40. The van der Waals surface area contributed by atoms with Crippen molar-refractivity contribution < 1.29 is 39.6 Å². The molecule has 10 heteroatoms. The first-order valence-corrected chi connectivity index (χ1v) is 7.45. The molecule has 0 bridgehead atoms. The van der Waals surface area contributed by atoms with Crippen molar-refractivity contribution in [3.63, 3.8) is 0 Å². The number of aliphatic hydroxyl groups excluding tert-OH is 3. The van der Waals surface area contributed by atoms with Gasteiger partial charge in [-0.05, 0) is 0 Å². The summed E-state index contributed by atoms with van der Waals surface area (Å²) < 4.78 is 15.6. The molecule has 1 fully saturated rings. The Morgan fingerprint density at radius 2 is 2.04 bits per heavy atom. The zero-order valence-electron chi connectivity index (χ0n) is 13.7. The normalized spacial score (nSPS) is 33.4. The van der Waals surface area contributed by atoms with Crippen LogP contribution in [0, 0.1) is 10.1 Å². The number of para-hydroxylation sites is 1. The third-order valence-corrected chi connectivity index (χ3v) is 4.32. The lowest BCUT2D eigenvalue weighted by atomic mass is 9.94. The van der Waals surface area contributed by atoms with E-state index in [4.69, 9.17) is 14.2 Å². The zero-order chi connectivity index (χ0) is 18.8. The summed E-state index contributed by atoms with van der Waals surface area (Å²) in [6, 6.07) is 5.70. The van der Waals surface area contributed by atoms with Crippen molar-refractivity contribution in [2.75, 3.05) is 20.8 Å². The molecule has 1 aliphatic heterocycles.